The first-order valence-corrected chi connectivity index (χ1v) is 18.7. The van der Waals surface area contributed by atoms with E-state index in [9.17, 15) is 19.5 Å². The fourth-order valence-electron chi connectivity index (χ4n) is 5.42. The number of carbonyl (C=O) groups is 3. The second-order valence-corrected chi connectivity index (χ2v) is 13.8. The third-order valence-corrected chi connectivity index (χ3v) is 8.40. The lowest BCUT2D eigenvalue weighted by Gasteiger charge is -2.34. The monoisotopic (exact) mass is 654 g/mol. The summed E-state index contributed by atoms with van der Waals surface area (Å²) >= 11 is 0. The van der Waals surface area contributed by atoms with Crippen molar-refractivity contribution in [3.05, 3.63) is 12.2 Å². The molecule has 0 heterocycles. The van der Waals surface area contributed by atoms with Crippen molar-refractivity contribution >= 4 is 17.9 Å². The number of rotatable bonds is 33. The molecule has 0 rings (SSSR count). The van der Waals surface area contributed by atoms with Crippen LogP contribution in [0.25, 0.3) is 0 Å². The van der Waals surface area contributed by atoms with Gasteiger partial charge in [-0.3, -0.25) is 9.59 Å². The van der Waals surface area contributed by atoms with E-state index in [1.54, 1.807) is 21.1 Å². The third kappa shape index (κ3) is 28.3. The van der Waals surface area contributed by atoms with E-state index >= 15 is 0 Å². The van der Waals surface area contributed by atoms with Crippen LogP contribution in [0.15, 0.2) is 12.2 Å². The molecule has 0 aromatic rings. The van der Waals surface area contributed by atoms with Crippen LogP contribution < -0.4 is 5.11 Å². The van der Waals surface area contributed by atoms with Gasteiger partial charge in [-0.25, -0.2) is 0 Å². The van der Waals surface area contributed by atoms with E-state index in [2.05, 4.69) is 26.0 Å². The summed E-state index contributed by atoms with van der Waals surface area (Å²) in [6.45, 7) is 4.60. The Bertz CT molecular complexity index is 778. The summed E-state index contributed by atoms with van der Waals surface area (Å²) in [6, 6.07) is -0.722. The number of carboxylic acids is 1. The van der Waals surface area contributed by atoms with Gasteiger partial charge in [0.15, 0.2) is 6.10 Å². The third-order valence-electron chi connectivity index (χ3n) is 8.40. The lowest BCUT2D eigenvalue weighted by Crippen LogP contribution is -2.55. The van der Waals surface area contributed by atoms with E-state index in [1.165, 1.54) is 77.0 Å². The van der Waals surface area contributed by atoms with Crippen molar-refractivity contribution in [3.63, 3.8) is 0 Å². The predicted molar refractivity (Wildman–Crippen MR) is 185 cm³/mol. The molecular weight excluding hydrogens is 582 g/mol. The number of carboxylic acid groups (broad SMARTS) is 1. The molecule has 2 unspecified atom stereocenters. The Labute approximate surface area is 282 Å². The Morgan fingerprint density at radius 2 is 1.09 bits per heavy atom. The van der Waals surface area contributed by atoms with Gasteiger partial charge in [0.2, 0.25) is 0 Å². The van der Waals surface area contributed by atoms with Crippen LogP contribution in [0.1, 0.15) is 162 Å². The van der Waals surface area contributed by atoms with Crippen LogP contribution in [0.5, 0.6) is 0 Å². The summed E-state index contributed by atoms with van der Waals surface area (Å²) in [5.41, 5.74) is 0. The van der Waals surface area contributed by atoms with Gasteiger partial charge in [-0.05, 0) is 38.5 Å². The van der Waals surface area contributed by atoms with Crippen LogP contribution in [0.2, 0.25) is 0 Å². The second kappa shape index (κ2) is 30.4. The standard InChI is InChI=1S/C38H71NO7/c1-6-8-10-12-14-16-17-18-19-20-21-23-25-27-29-37(41)46-34(32-44-31-30-35(38(42)43)39(3,4)5)33-45-36(40)28-26-24-22-15-13-11-9-7-2/h19-20,34-35H,6-18,21-33H2,1-5H3/b20-19+. The van der Waals surface area contributed by atoms with E-state index < -0.39 is 18.1 Å². The minimum Gasteiger partial charge on any atom is -0.544 e. The number of allylic oxidation sites excluding steroid dienone is 2. The van der Waals surface area contributed by atoms with E-state index in [-0.39, 0.29) is 42.7 Å². The zero-order chi connectivity index (χ0) is 34.3. The molecule has 270 valence electrons. The smallest absolute Gasteiger partial charge is 0.306 e. The average Bonchev–Trinajstić information content (AvgIpc) is 3.00. The number of hydrogen-bond acceptors (Lipinski definition) is 7. The van der Waals surface area contributed by atoms with Crippen molar-refractivity contribution < 1.29 is 38.2 Å². The van der Waals surface area contributed by atoms with Crippen LogP contribution in [0.4, 0.5) is 0 Å². The van der Waals surface area contributed by atoms with Crippen LogP contribution >= 0.6 is 0 Å². The fraction of sp³-hybridized carbons (Fsp3) is 0.868. The molecule has 0 saturated carbocycles. The number of unbranched alkanes of at least 4 members (excludes halogenated alkanes) is 17. The van der Waals surface area contributed by atoms with Gasteiger partial charge < -0.3 is 28.6 Å². The van der Waals surface area contributed by atoms with Gasteiger partial charge in [-0.15, -0.1) is 0 Å². The van der Waals surface area contributed by atoms with Crippen molar-refractivity contribution in [3.8, 4) is 0 Å². The maximum Gasteiger partial charge on any atom is 0.306 e. The Morgan fingerprint density at radius 1 is 0.630 bits per heavy atom. The molecule has 0 radical (unpaired) electrons. The lowest BCUT2D eigenvalue weighted by atomic mass is 10.1. The zero-order valence-corrected chi connectivity index (χ0v) is 30.5. The Balaban J connectivity index is 4.43. The minimum atomic E-state index is -1.13. The Hall–Kier alpha value is -1.93. The summed E-state index contributed by atoms with van der Waals surface area (Å²) < 4.78 is 17.0. The summed E-state index contributed by atoms with van der Waals surface area (Å²) in [6.07, 6.45) is 28.1. The van der Waals surface area contributed by atoms with Crippen LogP contribution in [-0.2, 0) is 28.6 Å². The number of carbonyl (C=O) groups excluding carboxylic acids is 3. The van der Waals surface area contributed by atoms with E-state index in [0.29, 0.717) is 12.8 Å². The van der Waals surface area contributed by atoms with Crippen molar-refractivity contribution in [1.82, 2.24) is 0 Å². The molecule has 0 aromatic carbocycles. The molecule has 0 aliphatic heterocycles. The first-order valence-electron chi connectivity index (χ1n) is 18.7. The Kier molecular flexibility index (Phi) is 29.1. The quantitative estimate of drug-likeness (QED) is 0.0308. The topological polar surface area (TPSA) is 102 Å². The second-order valence-electron chi connectivity index (χ2n) is 13.8. The highest BCUT2D eigenvalue weighted by molar-refractivity contribution is 5.70. The SMILES string of the molecule is CCCCCCCCC/C=C/CCCCCC(=O)OC(COCCC(C(=O)[O-])[N+](C)(C)C)COC(=O)CCCCCCCCCC. The fourth-order valence-corrected chi connectivity index (χ4v) is 5.42. The number of quaternary nitrogens is 1. The van der Waals surface area contributed by atoms with E-state index in [4.69, 9.17) is 14.2 Å². The molecule has 0 aliphatic rings. The van der Waals surface area contributed by atoms with Gasteiger partial charge in [-0.2, -0.15) is 0 Å². The number of likely N-dealkylation sites (N-methyl/N-ethyl adjacent to an activating group) is 1. The van der Waals surface area contributed by atoms with Gasteiger partial charge in [0.05, 0.1) is 40.3 Å². The number of esters is 2. The molecule has 0 fully saturated rings. The summed E-state index contributed by atoms with van der Waals surface area (Å²) in [5, 5.41) is 11.5. The number of aliphatic carboxylic acids is 1. The zero-order valence-electron chi connectivity index (χ0n) is 30.5. The predicted octanol–water partition coefficient (Wildman–Crippen LogP) is 7.85. The Morgan fingerprint density at radius 3 is 1.59 bits per heavy atom. The molecule has 0 bridgehead atoms. The molecule has 8 nitrogen and oxygen atoms in total. The molecule has 0 N–H and O–H groups in total. The number of nitrogens with zero attached hydrogens (tertiary/aromatic N) is 1. The van der Waals surface area contributed by atoms with Gasteiger partial charge in [0.25, 0.3) is 0 Å². The minimum absolute atomic E-state index is 0.0389. The largest absolute Gasteiger partial charge is 0.544 e. The maximum absolute atomic E-state index is 12.6. The molecule has 0 aromatic heterocycles. The average molecular weight is 654 g/mol. The van der Waals surface area contributed by atoms with Crippen molar-refractivity contribution in [2.24, 2.45) is 0 Å². The molecular formula is C38H71NO7. The summed E-state index contributed by atoms with van der Waals surface area (Å²) in [5.74, 6) is -1.76. The van der Waals surface area contributed by atoms with Crippen molar-refractivity contribution in [1.29, 1.82) is 0 Å². The highest BCUT2D eigenvalue weighted by Gasteiger charge is 2.25. The van der Waals surface area contributed by atoms with E-state index in [0.717, 1.165) is 51.4 Å². The normalized spacial score (nSPS) is 13.2. The molecule has 46 heavy (non-hydrogen) atoms. The van der Waals surface area contributed by atoms with Gasteiger partial charge in [0.1, 0.15) is 12.6 Å². The van der Waals surface area contributed by atoms with Crippen molar-refractivity contribution in [2.45, 2.75) is 174 Å². The maximum atomic E-state index is 12.6. The highest BCUT2D eigenvalue weighted by Crippen LogP contribution is 2.13. The van der Waals surface area contributed by atoms with Crippen LogP contribution in [0.3, 0.4) is 0 Å². The van der Waals surface area contributed by atoms with Gasteiger partial charge >= 0.3 is 11.9 Å². The summed E-state index contributed by atoms with van der Waals surface area (Å²) in [4.78, 5) is 36.5. The molecule has 0 amide bonds. The lowest BCUT2D eigenvalue weighted by molar-refractivity contribution is -0.889. The molecule has 8 heteroatoms. The molecule has 0 spiro atoms. The van der Waals surface area contributed by atoms with Gasteiger partial charge in [-0.1, -0.05) is 116 Å². The van der Waals surface area contributed by atoms with Crippen LogP contribution in [-0.4, -0.2) is 75.5 Å². The van der Waals surface area contributed by atoms with Gasteiger partial charge in [0, 0.05) is 19.3 Å². The number of ether oxygens (including phenoxy) is 3. The first-order chi connectivity index (χ1) is 22.1. The van der Waals surface area contributed by atoms with Crippen LogP contribution in [0, 0.1) is 0 Å². The van der Waals surface area contributed by atoms with Crippen molar-refractivity contribution in [2.75, 3.05) is 41.0 Å². The highest BCUT2D eigenvalue weighted by atomic mass is 16.6. The first kappa shape index (κ1) is 44.1. The molecule has 0 aliphatic carbocycles. The number of hydrogen-bond donors (Lipinski definition) is 0. The van der Waals surface area contributed by atoms with E-state index in [1.807, 2.05) is 0 Å². The summed E-state index contributed by atoms with van der Waals surface area (Å²) in [7, 11) is 5.39. The molecule has 0 saturated heterocycles. The molecule has 2 atom stereocenters.